The Bertz CT molecular complexity index is 725. The number of hydrogen-bond acceptors (Lipinski definition) is 5. The van der Waals surface area contributed by atoms with Crippen LogP contribution in [0.5, 0.6) is 0 Å². The monoisotopic (exact) mass is 284 g/mol. The Morgan fingerprint density at radius 1 is 1.10 bits per heavy atom. The summed E-state index contributed by atoms with van der Waals surface area (Å²) in [5, 5.41) is 21.3. The Kier molecular flexibility index (Phi) is 3.85. The van der Waals surface area contributed by atoms with E-state index in [0.717, 1.165) is 11.3 Å². The Labute approximate surface area is 121 Å². The van der Waals surface area contributed by atoms with Crippen LogP contribution in [0.15, 0.2) is 52.9 Å². The minimum absolute atomic E-state index is 0.253. The first kappa shape index (κ1) is 13.6. The van der Waals surface area contributed by atoms with Crippen molar-refractivity contribution in [2.24, 2.45) is 0 Å². The number of rotatable bonds is 5. The summed E-state index contributed by atoms with van der Waals surface area (Å²) in [7, 11) is 0. The third-order valence-electron chi connectivity index (χ3n) is 3.18. The SMILES string of the molecule is OCC(O)CNc1cccc2oc(-c3ccccc3)nc12. The van der Waals surface area contributed by atoms with Crippen LogP contribution >= 0.6 is 0 Å². The number of benzene rings is 2. The summed E-state index contributed by atoms with van der Waals surface area (Å²) in [6, 6.07) is 15.3. The van der Waals surface area contributed by atoms with Crippen LogP contribution < -0.4 is 5.32 Å². The maximum Gasteiger partial charge on any atom is 0.227 e. The molecule has 0 fully saturated rings. The van der Waals surface area contributed by atoms with Crippen LogP contribution in [0.2, 0.25) is 0 Å². The van der Waals surface area contributed by atoms with Crippen LogP contribution in [-0.2, 0) is 0 Å². The highest BCUT2D eigenvalue weighted by Gasteiger charge is 2.11. The van der Waals surface area contributed by atoms with E-state index in [-0.39, 0.29) is 13.2 Å². The summed E-state index contributed by atoms with van der Waals surface area (Å²) in [5.74, 6) is 0.558. The molecule has 0 aliphatic heterocycles. The number of para-hydroxylation sites is 1. The van der Waals surface area contributed by atoms with Crippen molar-refractivity contribution in [2.45, 2.75) is 6.10 Å². The van der Waals surface area contributed by atoms with E-state index in [1.165, 1.54) is 0 Å². The molecule has 3 N–H and O–H groups in total. The minimum Gasteiger partial charge on any atom is -0.436 e. The lowest BCUT2D eigenvalue weighted by Gasteiger charge is -2.09. The molecule has 0 radical (unpaired) electrons. The van der Waals surface area contributed by atoms with Gasteiger partial charge in [0.05, 0.1) is 18.4 Å². The Morgan fingerprint density at radius 3 is 2.67 bits per heavy atom. The Hall–Kier alpha value is -2.37. The topological polar surface area (TPSA) is 78.5 Å². The average Bonchev–Trinajstić information content (AvgIpc) is 2.98. The molecular formula is C16H16N2O3. The fourth-order valence-electron chi connectivity index (χ4n) is 2.09. The van der Waals surface area contributed by atoms with E-state index in [1.807, 2.05) is 48.5 Å². The molecule has 1 aromatic heterocycles. The molecule has 5 nitrogen and oxygen atoms in total. The summed E-state index contributed by atoms with van der Waals surface area (Å²) >= 11 is 0. The predicted octanol–water partition coefficient (Wildman–Crippen LogP) is 2.26. The Morgan fingerprint density at radius 2 is 1.90 bits per heavy atom. The molecule has 0 bridgehead atoms. The molecule has 0 aliphatic carbocycles. The van der Waals surface area contributed by atoms with Crippen LogP contribution in [-0.4, -0.2) is 34.5 Å². The van der Waals surface area contributed by atoms with E-state index < -0.39 is 6.10 Å². The van der Waals surface area contributed by atoms with Gasteiger partial charge in [0, 0.05) is 12.1 Å². The normalized spacial score (nSPS) is 12.5. The summed E-state index contributed by atoms with van der Waals surface area (Å²) in [6.45, 7) is -0.0276. The number of aliphatic hydroxyl groups is 2. The number of nitrogens with zero attached hydrogens (tertiary/aromatic N) is 1. The lowest BCUT2D eigenvalue weighted by molar-refractivity contribution is 0.105. The number of aromatic nitrogens is 1. The second-order valence-corrected chi connectivity index (χ2v) is 4.75. The highest BCUT2D eigenvalue weighted by atomic mass is 16.3. The maximum absolute atomic E-state index is 9.42. The van der Waals surface area contributed by atoms with Crippen molar-refractivity contribution in [1.82, 2.24) is 4.98 Å². The smallest absolute Gasteiger partial charge is 0.227 e. The van der Waals surface area contributed by atoms with Gasteiger partial charge in [0.25, 0.3) is 0 Å². The summed E-state index contributed by atoms with van der Waals surface area (Å²) in [6.07, 6.45) is -0.805. The largest absolute Gasteiger partial charge is 0.436 e. The van der Waals surface area contributed by atoms with Crippen molar-refractivity contribution in [3.05, 3.63) is 48.5 Å². The second kappa shape index (κ2) is 5.95. The number of aliphatic hydroxyl groups excluding tert-OH is 2. The lowest BCUT2D eigenvalue weighted by Crippen LogP contribution is -2.22. The van der Waals surface area contributed by atoms with E-state index in [1.54, 1.807) is 0 Å². The van der Waals surface area contributed by atoms with Crippen LogP contribution in [0.1, 0.15) is 0 Å². The van der Waals surface area contributed by atoms with Crippen LogP contribution in [0.25, 0.3) is 22.6 Å². The molecule has 3 rings (SSSR count). The molecule has 0 spiro atoms. The summed E-state index contributed by atoms with van der Waals surface area (Å²) in [4.78, 5) is 4.51. The molecule has 0 amide bonds. The second-order valence-electron chi connectivity index (χ2n) is 4.75. The fourth-order valence-corrected chi connectivity index (χ4v) is 2.09. The fraction of sp³-hybridized carbons (Fsp3) is 0.188. The van der Waals surface area contributed by atoms with E-state index in [2.05, 4.69) is 10.3 Å². The third-order valence-corrected chi connectivity index (χ3v) is 3.18. The quantitative estimate of drug-likeness (QED) is 0.670. The molecule has 108 valence electrons. The number of fused-ring (bicyclic) bond motifs is 1. The van der Waals surface area contributed by atoms with Crippen molar-refractivity contribution < 1.29 is 14.6 Å². The van der Waals surface area contributed by atoms with Gasteiger partial charge in [0.1, 0.15) is 5.52 Å². The third kappa shape index (κ3) is 2.89. The van der Waals surface area contributed by atoms with Crippen LogP contribution in [0.3, 0.4) is 0 Å². The molecule has 2 aromatic carbocycles. The first-order chi connectivity index (χ1) is 10.3. The predicted molar refractivity (Wildman–Crippen MR) is 81.0 cm³/mol. The van der Waals surface area contributed by atoms with Gasteiger partial charge in [-0.25, -0.2) is 4.98 Å². The van der Waals surface area contributed by atoms with E-state index in [4.69, 9.17) is 9.52 Å². The van der Waals surface area contributed by atoms with E-state index in [9.17, 15) is 5.11 Å². The van der Waals surface area contributed by atoms with Gasteiger partial charge in [0.2, 0.25) is 5.89 Å². The zero-order valence-electron chi connectivity index (χ0n) is 11.4. The molecule has 0 saturated heterocycles. The maximum atomic E-state index is 9.42. The average molecular weight is 284 g/mol. The molecular weight excluding hydrogens is 268 g/mol. The summed E-state index contributed by atoms with van der Waals surface area (Å²) < 4.78 is 5.76. The van der Waals surface area contributed by atoms with Crippen LogP contribution in [0.4, 0.5) is 5.69 Å². The van der Waals surface area contributed by atoms with Gasteiger partial charge in [-0.1, -0.05) is 24.3 Å². The standard InChI is InChI=1S/C16H16N2O3/c19-10-12(20)9-17-13-7-4-8-14-15(13)18-16(21-14)11-5-2-1-3-6-11/h1-8,12,17,19-20H,9-10H2. The Balaban J connectivity index is 1.94. The van der Waals surface area contributed by atoms with E-state index in [0.29, 0.717) is 17.0 Å². The molecule has 1 heterocycles. The van der Waals surface area contributed by atoms with Crippen molar-refractivity contribution in [3.63, 3.8) is 0 Å². The molecule has 3 aromatic rings. The van der Waals surface area contributed by atoms with Gasteiger partial charge in [0.15, 0.2) is 5.58 Å². The zero-order valence-corrected chi connectivity index (χ0v) is 11.4. The number of anilines is 1. The van der Waals surface area contributed by atoms with Gasteiger partial charge in [-0.05, 0) is 24.3 Å². The zero-order chi connectivity index (χ0) is 14.7. The molecule has 0 aliphatic rings. The lowest BCUT2D eigenvalue weighted by atomic mass is 10.2. The number of nitrogens with one attached hydrogen (secondary N) is 1. The van der Waals surface area contributed by atoms with Crippen LogP contribution in [0, 0.1) is 0 Å². The van der Waals surface area contributed by atoms with Crippen molar-refractivity contribution in [3.8, 4) is 11.5 Å². The molecule has 1 unspecified atom stereocenters. The summed E-state index contributed by atoms with van der Waals surface area (Å²) in [5.41, 5.74) is 3.07. The van der Waals surface area contributed by atoms with Crippen molar-refractivity contribution in [2.75, 3.05) is 18.5 Å². The molecule has 0 saturated carbocycles. The molecule has 1 atom stereocenters. The number of oxazole rings is 1. The highest BCUT2D eigenvalue weighted by Crippen LogP contribution is 2.28. The number of hydrogen-bond donors (Lipinski definition) is 3. The van der Waals surface area contributed by atoms with Gasteiger partial charge >= 0.3 is 0 Å². The van der Waals surface area contributed by atoms with Crippen molar-refractivity contribution >= 4 is 16.8 Å². The van der Waals surface area contributed by atoms with Gasteiger partial charge < -0.3 is 19.9 Å². The van der Waals surface area contributed by atoms with Gasteiger partial charge in [-0.2, -0.15) is 0 Å². The van der Waals surface area contributed by atoms with E-state index >= 15 is 0 Å². The minimum atomic E-state index is -0.805. The molecule has 21 heavy (non-hydrogen) atoms. The first-order valence-electron chi connectivity index (χ1n) is 6.75. The highest BCUT2D eigenvalue weighted by molar-refractivity contribution is 5.88. The first-order valence-corrected chi connectivity index (χ1v) is 6.75. The van der Waals surface area contributed by atoms with Gasteiger partial charge in [-0.15, -0.1) is 0 Å². The molecule has 5 heteroatoms. The van der Waals surface area contributed by atoms with Gasteiger partial charge in [-0.3, -0.25) is 0 Å². The van der Waals surface area contributed by atoms with Crippen molar-refractivity contribution in [1.29, 1.82) is 0 Å².